The summed E-state index contributed by atoms with van der Waals surface area (Å²) in [7, 11) is 0. The third-order valence-electron chi connectivity index (χ3n) is 4.89. The Morgan fingerprint density at radius 3 is 2.96 bits per heavy atom. The number of nitrogens with zero attached hydrogens (tertiary/aromatic N) is 4. The molecule has 0 aliphatic carbocycles. The second-order valence-electron chi connectivity index (χ2n) is 6.77. The van der Waals surface area contributed by atoms with Crippen LogP contribution in [0.4, 0.5) is 0 Å². The van der Waals surface area contributed by atoms with E-state index < -0.39 is 0 Å². The van der Waals surface area contributed by atoms with Crippen molar-refractivity contribution in [2.45, 2.75) is 38.8 Å². The van der Waals surface area contributed by atoms with Crippen LogP contribution in [0.3, 0.4) is 0 Å². The molecule has 0 unspecified atom stereocenters. The molecule has 142 valence electrons. The fraction of sp³-hybridized carbons (Fsp3) is 0.421. The summed E-state index contributed by atoms with van der Waals surface area (Å²) >= 11 is 7.24. The lowest BCUT2D eigenvalue weighted by Crippen LogP contribution is -2.43. The van der Waals surface area contributed by atoms with Crippen molar-refractivity contribution in [3.8, 4) is 0 Å². The van der Waals surface area contributed by atoms with Crippen LogP contribution in [-0.4, -0.2) is 37.6 Å². The zero-order valence-electron chi connectivity index (χ0n) is 15.3. The number of likely N-dealkylation sites (tertiary alicyclic amines) is 1. The zero-order chi connectivity index (χ0) is 18.6. The largest absolute Gasteiger partial charge is 0.467 e. The summed E-state index contributed by atoms with van der Waals surface area (Å²) in [6.07, 6.45) is 7.74. The van der Waals surface area contributed by atoms with Gasteiger partial charge < -0.3 is 19.2 Å². The lowest BCUT2D eigenvalue weighted by Gasteiger charge is -2.33. The van der Waals surface area contributed by atoms with Crippen LogP contribution < -0.4 is 5.32 Å². The monoisotopic (exact) mass is 401 g/mol. The van der Waals surface area contributed by atoms with Crippen LogP contribution in [0.5, 0.6) is 0 Å². The van der Waals surface area contributed by atoms with Crippen molar-refractivity contribution in [1.82, 2.24) is 24.8 Å². The minimum Gasteiger partial charge on any atom is -0.467 e. The van der Waals surface area contributed by atoms with Crippen molar-refractivity contribution >= 4 is 28.7 Å². The molecule has 3 aromatic rings. The number of piperidine rings is 1. The highest BCUT2D eigenvalue weighted by atomic mass is 32.1. The second kappa shape index (κ2) is 8.22. The molecule has 4 rings (SSSR count). The van der Waals surface area contributed by atoms with Gasteiger partial charge in [-0.15, -0.1) is 11.3 Å². The van der Waals surface area contributed by atoms with Gasteiger partial charge in [-0.1, -0.05) is 0 Å². The van der Waals surface area contributed by atoms with Crippen LogP contribution in [0.15, 0.2) is 40.6 Å². The Labute approximate surface area is 168 Å². The lowest BCUT2D eigenvalue weighted by molar-refractivity contribution is 0.299. The molecule has 1 aliphatic rings. The highest BCUT2D eigenvalue weighted by molar-refractivity contribution is 7.80. The van der Waals surface area contributed by atoms with Gasteiger partial charge in [-0.3, -0.25) is 0 Å². The highest BCUT2D eigenvalue weighted by Crippen LogP contribution is 2.27. The van der Waals surface area contributed by atoms with Crippen molar-refractivity contribution < 1.29 is 4.42 Å². The predicted octanol–water partition coefficient (Wildman–Crippen LogP) is 3.54. The van der Waals surface area contributed by atoms with Crippen LogP contribution in [0.1, 0.15) is 41.0 Å². The van der Waals surface area contributed by atoms with Gasteiger partial charge in [-0.2, -0.15) is 0 Å². The van der Waals surface area contributed by atoms with Gasteiger partial charge in [0.25, 0.3) is 0 Å². The lowest BCUT2D eigenvalue weighted by atomic mass is 9.96. The SMILES string of the molecule is Cc1nc(Cn2ccnc2C2CCN(C(=S)NCc3ccco3)CC2)cs1. The quantitative estimate of drug-likeness (QED) is 0.660. The summed E-state index contributed by atoms with van der Waals surface area (Å²) < 4.78 is 7.58. The number of hydrogen-bond donors (Lipinski definition) is 1. The van der Waals surface area contributed by atoms with Gasteiger partial charge in [0.15, 0.2) is 5.11 Å². The van der Waals surface area contributed by atoms with Crippen LogP contribution in [0.2, 0.25) is 0 Å². The third kappa shape index (κ3) is 4.39. The van der Waals surface area contributed by atoms with E-state index in [4.69, 9.17) is 16.6 Å². The average Bonchev–Trinajstić information content (AvgIpc) is 3.43. The maximum Gasteiger partial charge on any atom is 0.169 e. The number of aryl methyl sites for hydroxylation is 1. The molecule has 1 aliphatic heterocycles. The standard InChI is InChI=1S/C19H23N5OS2/c1-14-22-16(13-27-14)12-24-9-6-20-18(24)15-4-7-23(8-5-15)19(26)21-11-17-3-2-10-25-17/h2-3,6,9-10,13,15H,4-5,7-8,11-12H2,1H3,(H,21,26). The number of rotatable bonds is 5. The summed E-state index contributed by atoms with van der Waals surface area (Å²) in [5.41, 5.74) is 1.11. The summed E-state index contributed by atoms with van der Waals surface area (Å²) in [6.45, 7) is 5.35. The first-order valence-corrected chi connectivity index (χ1v) is 10.4. The predicted molar refractivity (Wildman–Crippen MR) is 110 cm³/mol. The first-order valence-electron chi connectivity index (χ1n) is 9.16. The molecule has 3 aromatic heterocycles. The molecule has 1 saturated heterocycles. The normalized spacial score (nSPS) is 15.2. The van der Waals surface area contributed by atoms with Crippen molar-refractivity contribution in [1.29, 1.82) is 0 Å². The Balaban J connectivity index is 1.31. The number of nitrogens with one attached hydrogen (secondary N) is 1. The van der Waals surface area contributed by atoms with E-state index in [1.165, 1.54) is 0 Å². The molecule has 8 heteroatoms. The van der Waals surface area contributed by atoms with E-state index in [9.17, 15) is 0 Å². The fourth-order valence-electron chi connectivity index (χ4n) is 3.50. The average molecular weight is 402 g/mol. The van der Waals surface area contributed by atoms with Crippen LogP contribution in [0, 0.1) is 6.92 Å². The summed E-state index contributed by atoms with van der Waals surface area (Å²) in [4.78, 5) is 11.5. The topological polar surface area (TPSA) is 59.1 Å². The highest BCUT2D eigenvalue weighted by Gasteiger charge is 2.25. The fourth-order valence-corrected chi connectivity index (χ4v) is 4.36. The van der Waals surface area contributed by atoms with Crippen molar-refractivity contribution in [3.63, 3.8) is 0 Å². The van der Waals surface area contributed by atoms with Gasteiger partial charge in [-0.25, -0.2) is 9.97 Å². The molecule has 1 N–H and O–H groups in total. The Kier molecular flexibility index (Phi) is 5.54. The van der Waals surface area contributed by atoms with Crippen LogP contribution >= 0.6 is 23.6 Å². The molecule has 6 nitrogen and oxygen atoms in total. The van der Waals surface area contributed by atoms with E-state index in [-0.39, 0.29) is 0 Å². The minimum absolute atomic E-state index is 0.462. The zero-order valence-corrected chi connectivity index (χ0v) is 16.9. The number of imidazole rings is 1. The van der Waals surface area contributed by atoms with Crippen molar-refractivity contribution in [2.75, 3.05) is 13.1 Å². The molecule has 0 atom stereocenters. The second-order valence-corrected chi connectivity index (χ2v) is 8.22. The van der Waals surface area contributed by atoms with E-state index in [1.807, 2.05) is 25.3 Å². The molecular weight excluding hydrogens is 378 g/mol. The molecule has 0 bridgehead atoms. The van der Waals surface area contributed by atoms with E-state index in [0.29, 0.717) is 12.5 Å². The Bertz CT molecular complexity index is 878. The number of hydrogen-bond acceptors (Lipinski definition) is 5. The molecule has 0 aromatic carbocycles. The van der Waals surface area contributed by atoms with Crippen molar-refractivity contribution in [3.05, 3.63) is 58.5 Å². The number of thiazole rings is 1. The Hall–Kier alpha value is -2.19. The van der Waals surface area contributed by atoms with Gasteiger partial charge in [0.2, 0.25) is 0 Å². The molecular formula is C19H23N5OS2. The number of aromatic nitrogens is 3. The molecule has 0 spiro atoms. The van der Waals surface area contributed by atoms with E-state index in [1.54, 1.807) is 17.6 Å². The molecule has 0 radical (unpaired) electrons. The third-order valence-corrected chi connectivity index (χ3v) is 6.11. The number of furan rings is 1. The summed E-state index contributed by atoms with van der Waals surface area (Å²) in [5, 5.41) is 7.32. The van der Waals surface area contributed by atoms with Gasteiger partial charge in [0, 0.05) is 36.8 Å². The van der Waals surface area contributed by atoms with Gasteiger partial charge in [0.05, 0.1) is 30.1 Å². The van der Waals surface area contributed by atoms with Crippen LogP contribution in [0.25, 0.3) is 0 Å². The summed E-state index contributed by atoms with van der Waals surface area (Å²) in [5.74, 6) is 2.52. The summed E-state index contributed by atoms with van der Waals surface area (Å²) in [6, 6.07) is 3.84. The van der Waals surface area contributed by atoms with Gasteiger partial charge in [0.1, 0.15) is 11.6 Å². The molecule has 1 fully saturated rings. The first kappa shape index (κ1) is 18.2. The van der Waals surface area contributed by atoms with Crippen LogP contribution in [-0.2, 0) is 13.1 Å². The maximum absolute atomic E-state index is 5.55. The number of thiocarbonyl (C=S) groups is 1. The molecule has 4 heterocycles. The smallest absolute Gasteiger partial charge is 0.169 e. The van der Waals surface area contributed by atoms with E-state index in [2.05, 4.69) is 36.3 Å². The minimum atomic E-state index is 0.462. The molecule has 27 heavy (non-hydrogen) atoms. The Morgan fingerprint density at radius 2 is 2.26 bits per heavy atom. The Morgan fingerprint density at radius 1 is 1.41 bits per heavy atom. The molecule has 0 amide bonds. The molecule has 0 saturated carbocycles. The van der Waals surface area contributed by atoms with Gasteiger partial charge >= 0.3 is 0 Å². The van der Waals surface area contributed by atoms with E-state index in [0.717, 1.165) is 59.9 Å². The maximum atomic E-state index is 5.55. The van der Waals surface area contributed by atoms with Crippen molar-refractivity contribution in [2.24, 2.45) is 0 Å². The van der Waals surface area contributed by atoms with E-state index >= 15 is 0 Å². The first-order chi connectivity index (χ1) is 13.2. The van der Waals surface area contributed by atoms with Gasteiger partial charge in [-0.05, 0) is 44.1 Å².